The Hall–Kier alpha value is -2.14. The number of nitrogens with zero attached hydrogens (tertiary/aromatic N) is 1. The Bertz CT molecular complexity index is 762. The summed E-state index contributed by atoms with van der Waals surface area (Å²) in [7, 11) is 0. The third kappa shape index (κ3) is 4.92. The molecule has 0 atom stereocenters. The van der Waals surface area contributed by atoms with Gasteiger partial charge < -0.3 is 5.73 Å². The average molecular weight is 397 g/mol. The number of nitrogens with two attached hydrogens (primary N) is 1. The molecular formula is C14H9F6N3S2. The molecule has 1 heterocycles. The number of alkyl halides is 6. The fourth-order valence-corrected chi connectivity index (χ4v) is 2.66. The van der Waals surface area contributed by atoms with Crippen molar-refractivity contribution < 1.29 is 26.3 Å². The van der Waals surface area contributed by atoms with Gasteiger partial charge in [-0.2, -0.15) is 31.4 Å². The van der Waals surface area contributed by atoms with Gasteiger partial charge in [-0.05, 0) is 41.9 Å². The molecule has 3 nitrogen and oxygen atoms in total. The summed E-state index contributed by atoms with van der Waals surface area (Å²) < 4.78 is 78.0. The van der Waals surface area contributed by atoms with Gasteiger partial charge in [0, 0.05) is 5.56 Å². The predicted molar refractivity (Wildman–Crippen MR) is 86.3 cm³/mol. The SMILES string of the molecule is NC(=S)N/N=C(/c1cc(C(F)(F)F)cc(C(F)(F)F)c1)c1cccs1. The number of hydrogen-bond acceptors (Lipinski definition) is 3. The van der Waals surface area contributed by atoms with Crippen molar-refractivity contribution in [3.63, 3.8) is 0 Å². The fourth-order valence-electron chi connectivity index (χ4n) is 1.88. The van der Waals surface area contributed by atoms with E-state index >= 15 is 0 Å². The number of nitrogens with one attached hydrogen (secondary N) is 1. The average Bonchev–Trinajstić information content (AvgIpc) is 2.99. The van der Waals surface area contributed by atoms with E-state index in [0.717, 1.165) is 11.3 Å². The van der Waals surface area contributed by atoms with E-state index in [1.54, 1.807) is 11.4 Å². The van der Waals surface area contributed by atoms with Crippen molar-refractivity contribution in [3.8, 4) is 0 Å². The van der Waals surface area contributed by atoms with Crippen LogP contribution in [0.3, 0.4) is 0 Å². The van der Waals surface area contributed by atoms with Gasteiger partial charge in [0.05, 0.1) is 16.0 Å². The molecule has 0 unspecified atom stereocenters. The summed E-state index contributed by atoms with van der Waals surface area (Å²) >= 11 is 5.65. The summed E-state index contributed by atoms with van der Waals surface area (Å²) in [6, 6.07) is 4.31. The normalized spacial score (nSPS) is 13.0. The highest BCUT2D eigenvalue weighted by Crippen LogP contribution is 2.37. The summed E-state index contributed by atoms with van der Waals surface area (Å²) in [4.78, 5) is 0.344. The molecule has 1 aromatic heterocycles. The molecule has 25 heavy (non-hydrogen) atoms. The Morgan fingerprint density at radius 1 is 1.04 bits per heavy atom. The maximum absolute atomic E-state index is 13.0. The zero-order valence-electron chi connectivity index (χ0n) is 12.1. The van der Waals surface area contributed by atoms with Gasteiger partial charge in [0.25, 0.3) is 0 Å². The van der Waals surface area contributed by atoms with E-state index in [1.807, 2.05) is 0 Å². The topological polar surface area (TPSA) is 50.4 Å². The van der Waals surface area contributed by atoms with Gasteiger partial charge in [0.1, 0.15) is 5.71 Å². The number of benzene rings is 1. The molecule has 0 bridgehead atoms. The first kappa shape index (κ1) is 19.2. The highest BCUT2D eigenvalue weighted by atomic mass is 32.1. The van der Waals surface area contributed by atoms with Crippen molar-refractivity contribution in [3.05, 3.63) is 57.3 Å². The van der Waals surface area contributed by atoms with Crippen LogP contribution in [0, 0.1) is 0 Å². The Kier molecular flexibility index (Phi) is 5.37. The minimum absolute atomic E-state index is 0.0521. The molecule has 0 aliphatic rings. The summed E-state index contributed by atoms with van der Waals surface area (Å²) in [5.41, 5.74) is 4.04. The molecule has 0 saturated carbocycles. The van der Waals surface area contributed by atoms with Crippen LogP contribution in [0.4, 0.5) is 26.3 Å². The van der Waals surface area contributed by atoms with Gasteiger partial charge in [0.15, 0.2) is 5.11 Å². The Labute approximate surface area is 147 Å². The molecule has 134 valence electrons. The third-order valence-electron chi connectivity index (χ3n) is 2.89. The van der Waals surface area contributed by atoms with E-state index < -0.39 is 23.5 Å². The first-order valence-corrected chi connectivity index (χ1v) is 7.74. The van der Waals surface area contributed by atoms with Gasteiger partial charge in [-0.3, -0.25) is 5.43 Å². The lowest BCUT2D eigenvalue weighted by Gasteiger charge is -2.15. The number of hydrazone groups is 1. The van der Waals surface area contributed by atoms with Gasteiger partial charge in [-0.1, -0.05) is 6.07 Å². The first-order valence-electron chi connectivity index (χ1n) is 6.45. The molecule has 0 aliphatic carbocycles. The molecule has 0 fully saturated rings. The standard InChI is InChI=1S/C14H9F6N3S2/c15-13(16,17)8-4-7(5-9(6-8)14(18,19)20)11(22-23-12(21)24)10-2-1-3-25-10/h1-6H,(H3,21,23,24)/b22-11-. The van der Waals surface area contributed by atoms with Crippen LogP contribution in [-0.2, 0) is 12.4 Å². The lowest BCUT2D eigenvalue weighted by molar-refractivity contribution is -0.143. The van der Waals surface area contributed by atoms with Crippen LogP contribution in [0.25, 0.3) is 0 Å². The quantitative estimate of drug-likeness (QED) is 0.350. The van der Waals surface area contributed by atoms with Crippen molar-refractivity contribution in [2.24, 2.45) is 10.8 Å². The summed E-state index contributed by atoms with van der Waals surface area (Å²) in [6.45, 7) is 0. The van der Waals surface area contributed by atoms with Gasteiger partial charge in [0.2, 0.25) is 0 Å². The van der Waals surface area contributed by atoms with Crippen LogP contribution in [0.15, 0.2) is 40.8 Å². The maximum atomic E-state index is 13.0. The Morgan fingerprint density at radius 2 is 1.60 bits per heavy atom. The summed E-state index contributed by atoms with van der Waals surface area (Å²) in [5.74, 6) is 0. The monoisotopic (exact) mass is 397 g/mol. The smallest absolute Gasteiger partial charge is 0.375 e. The molecular weight excluding hydrogens is 388 g/mol. The minimum Gasteiger partial charge on any atom is -0.375 e. The van der Waals surface area contributed by atoms with E-state index in [1.165, 1.54) is 6.07 Å². The summed E-state index contributed by atoms with van der Waals surface area (Å²) in [5, 5.41) is 5.08. The van der Waals surface area contributed by atoms with E-state index in [0.29, 0.717) is 17.0 Å². The molecule has 0 spiro atoms. The summed E-state index contributed by atoms with van der Waals surface area (Å²) in [6.07, 6.45) is -9.90. The molecule has 0 radical (unpaired) electrons. The molecule has 0 saturated heterocycles. The van der Waals surface area contributed by atoms with Gasteiger partial charge in [-0.25, -0.2) is 0 Å². The maximum Gasteiger partial charge on any atom is 0.416 e. The molecule has 1 aromatic carbocycles. The van der Waals surface area contributed by atoms with Crippen LogP contribution in [-0.4, -0.2) is 10.8 Å². The lowest BCUT2D eigenvalue weighted by atomic mass is 10.0. The van der Waals surface area contributed by atoms with E-state index in [-0.39, 0.29) is 22.5 Å². The van der Waals surface area contributed by atoms with Gasteiger partial charge >= 0.3 is 12.4 Å². The number of thiophene rings is 1. The predicted octanol–water partition coefficient (Wildman–Crippen LogP) is 4.37. The Balaban J connectivity index is 2.68. The molecule has 0 amide bonds. The van der Waals surface area contributed by atoms with Crippen molar-refractivity contribution >= 4 is 34.4 Å². The number of hydrogen-bond donors (Lipinski definition) is 2. The largest absolute Gasteiger partial charge is 0.416 e. The van der Waals surface area contributed by atoms with Crippen molar-refractivity contribution in [1.82, 2.24) is 5.43 Å². The van der Waals surface area contributed by atoms with E-state index in [4.69, 9.17) is 5.73 Å². The number of halogens is 6. The second-order valence-electron chi connectivity index (χ2n) is 4.71. The molecule has 2 aromatic rings. The van der Waals surface area contributed by atoms with Crippen molar-refractivity contribution in [2.45, 2.75) is 12.4 Å². The zero-order valence-corrected chi connectivity index (χ0v) is 13.7. The fraction of sp³-hybridized carbons (Fsp3) is 0.143. The molecule has 2 rings (SSSR count). The van der Waals surface area contributed by atoms with E-state index in [2.05, 4.69) is 22.7 Å². The minimum atomic E-state index is -4.95. The second kappa shape index (κ2) is 7.00. The van der Waals surface area contributed by atoms with Crippen LogP contribution in [0.1, 0.15) is 21.6 Å². The van der Waals surface area contributed by atoms with Crippen LogP contribution < -0.4 is 11.2 Å². The molecule has 0 aliphatic heterocycles. The highest BCUT2D eigenvalue weighted by Gasteiger charge is 2.37. The number of rotatable bonds is 3. The first-order chi connectivity index (χ1) is 11.5. The van der Waals surface area contributed by atoms with Crippen molar-refractivity contribution in [2.75, 3.05) is 0 Å². The second-order valence-corrected chi connectivity index (χ2v) is 6.10. The zero-order chi connectivity index (χ0) is 18.8. The van der Waals surface area contributed by atoms with Crippen molar-refractivity contribution in [1.29, 1.82) is 0 Å². The van der Waals surface area contributed by atoms with E-state index in [9.17, 15) is 26.3 Å². The third-order valence-corrected chi connectivity index (χ3v) is 3.86. The van der Waals surface area contributed by atoms with Crippen LogP contribution in [0.2, 0.25) is 0 Å². The molecule has 11 heteroatoms. The molecule has 3 N–H and O–H groups in total. The van der Waals surface area contributed by atoms with Crippen LogP contribution in [0.5, 0.6) is 0 Å². The van der Waals surface area contributed by atoms with Crippen LogP contribution >= 0.6 is 23.6 Å². The van der Waals surface area contributed by atoms with Gasteiger partial charge in [-0.15, -0.1) is 11.3 Å². The lowest BCUT2D eigenvalue weighted by Crippen LogP contribution is -2.26. The number of thiocarbonyl (C=S) groups is 1. The highest BCUT2D eigenvalue weighted by molar-refractivity contribution is 7.80. The Morgan fingerprint density at radius 3 is 2.00 bits per heavy atom.